The number of nitrogens with zero attached hydrogens (tertiary/aromatic N) is 3. The van der Waals surface area contributed by atoms with Crippen molar-refractivity contribution in [2.45, 2.75) is 38.3 Å². The van der Waals surface area contributed by atoms with Gasteiger partial charge in [0.1, 0.15) is 5.82 Å². The number of hydrogen-bond acceptors (Lipinski definition) is 3. The fraction of sp³-hybridized carbons (Fsp3) is 0.471. The van der Waals surface area contributed by atoms with Crippen molar-refractivity contribution in [3.8, 4) is 0 Å². The van der Waals surface area contributed by atoms with Crippen LogP contribution in [0.4, 0.5) is 4.79 Å². The average molecular weight is 329 g/mol. The van der Waals surface area contributed by atoms with Crippen LogP contribution < -0.4 is 16.3 Å². The molecular formula is C17H23N5O2. The Morgan fingerprint density at radius 1 is 1.29 bits per heavy atom. The van der Waals surface area contributed by atoms with Crippen molar-refractivity contribution in [3.05, 3.63) is 52.2 Å². The molecule has 0 aliphatic carbocycles. The van der Waals surface area contributed by atoms with Gasteiger partial charge in [-0.15, -0.1) is 0 Å². The van der Waals surface area contributed by atoms with E-state index in [-0.39, 0.29) is 17.8 Å². The Bertz CT molecular complexity index is 750. The van der Waals surface area contributed by atoms with Crippen LogP contribution in [0.15, 0.2) is 35.1 Å². The lowest BCUT2D eigenvalue weighted by molar-refractivity contribution is 0.235. The van der Waals surface area contributed by atoms with Gasteiger partial charge in [0.2, 0.25) is 0 Å². The van der Waals surface area contributed by atoms with E-state index in [4.69, 9.17) is 0 Å². The van der Waals surface area contributed by atoms with Gasteiger partial charge in [-0.2, -0.15) is 5.10 Å². The molecule has 0 radical (unpaired) electrons. The van der Waals surface area contributed by atoms with E-state index in [9.17, 15) is 9.59 Å². The predicted molar refractivity (Wildman–Crippen MR) is 90.9 cm³/mol. The number of carbonyl (C=O) groups is 1. The van der Waals surface area contributed by atoms with Gasteiger partial charge in [0, 0.05) is 32.6 Å². The summed E-state index contributed by atoms with van der Waals surface area (Å²) in [6.07, 6.45) is 3.04. The van der Waals surface area contributed by atoms with E-state index in [0.717, 1.165) is 25.1 Å². The van der Waals surface area contributed by atoms with Gasteiger partial charge in [-0.1, -0.05) is 30.3 Å². The molecular weight excluding hydrogens is 306 g/mol. The number of urea groups is 1. The second kappa shape index (κ2) is 7.33. The van der Waals surface area contributed by atoms with E-state index in [1.165, 1.54) is 10.2 Å². The van der Waals surface area contributed by atoms with Crippen molar-refractivity contribution in [1.82, 2.24) is 25.0 Å². The monoisotopic (exact) mass is 329 g/mol. The van der Waals surface area contributed by atoms with E-state index >= 15 is 0 Å². The van der Waals surface area contributed by atoms with Gasteiger partial charge in [0.05, 0.1) is 0 Å². The SMILES string of the molecule is Cn1nc2n(c1=O)CCC(NC(=O)NCCc1ccccc1)CC2. The summed E-state index contributed by atoms with van der Waals surface area (Å²) in [4.78, 5) is 24.0. The zero-order chi connectivity index (χ0) is 16.9. The van der Waals surface area contributed by atoms with Crippen LogP contribution in [0.1, 0.15) is 24.2 Å². The molecule has 1 aromatic heterocycles. The van der Waals surface area contributed by atoms with Crippen LogP contribution in [0, 0.1) is 0 Å². The Labute approximate surface area is 140 Å². The largest absolute Gasteiger partial charge is 0.345 e. The Balaban J connectivity index is 1.45. The average Bonchev–Trinajstić information content (AvgIpc) is 2.73. The van der Waals surface area contributed by atoms with Crippen LogP contribution >= 0.6 is 0 Å². The molecule has 1 aliphatic heterocycles. The first-order chi connectivity index (χ1) is 11.6. The second-order valence-corrected chi connectivity index (χ2v) is 6.13. The number of amides is 2. The van der Waals surface area contributed by atoms with Crippen molar-refractivity contribution < 1.29 is 4.79 Å². The highest BCUT2D eigenvalue weighted by atomic mass is 16.2. The highest BCUT2D eigenvalue weighted by Crippen LogP contribution is 2.11. The first-order valence-corrected chi connectivity index (χ1v) is 8.34. The zero-order valence-electron chi connectivity index (χ0n) is 13.9. The quantitative estimate of drug-likeness (QED) is 0.872. The maximum atomic E-state index is 12.0. The number of nitrogens with one attached hydrogen (secondary N) is 2. The molecule has 7 nitrogen and oxygen atoms in total. The molecule has 2 amide bonds. The molecule has 128 valence electrons. The van der Waals surface area contributed by atoms with Crippen molar-refractivity contribution in [3.63, 3.8) is 0 Å². The normalized spacial score (nSPS) is 17.0. The van der Waals surface area contributed by atoms with Gasteiger partial charge in [0.25, 0.3) is 0 Å². The number of fused-ring (bicyclic) bond motifs is 1. The molecule has 0 fully saturated rings. The standard InChI is InChI=1S/C17H23N5O2/c1-21-17(24)22-12-10-14(7-8-15(22)20-21)19-16(23)18-11-9-13-5-3-2-4-6-13/h2-6,14H,7-12H2,1H3,(H2,18,19,23). The van der Waals surface area contributed by atoms with Crippen LogP contribution in [0.3, 0.4) is 0 Å². The zero-order valence-corrected chi connectivity index (χ0v) is 13.9. The van der Waals surface area contributed by atoms with Crippen LogP contribution in [0.5, 0.6) is 0 Å². The molecule has 1 atom stereocenters. The molecule has 2 aromatic rings. The van der Waals surface area contributed by atoms with Crippen LogP contribution in [0.2, 0.25) is 0 Å². The minimum atomic E-state index is -0.150. The lowest BCUT2D eigenvalue weighted by atomic mass is 10.1. The molecule has 1 unspecified atom stereocenters. The number of carbonyl (C=O) groups excluding carboxylic acids is 1. The van der Waals surface area contributed by atoms with Gasteiger partial charge in [0.15, 0.2) is 0 Å². The predicted octanol–water partition coefficient (Wildman–Crippen LogP) is 0.829. The number of rotatable bonds is 4. The minimum absolute atomic E-state index is 0.0631. The second-order valence-electron chi connectivity index (χ2n) is 6.13. The fourth-order valence-corrected chi connectivity index (χ4v) is 3.04. The van der Waals surface area contributed by atoms with E-state index in [1.54, 1.807) is 11.6 Å². The van der Waals surface area contributed by atoms with E-state index < -0.39 is 0 Å². The molecule has 0 bridgehead atoms. The summed E-state index contributed by atoms with van der Waals surface area (Å²) < 4.78 is 3.08. The Morgan fingerprint density at radius 2 is 2.08 bits per heavy atom. The third-order valence-corrected chi connectivity index (χ3v) is 4.38. The molecule has 3 rings (SSSR count). The summed E-state index contributed by atoms with van der Waals surface area (Å²) in [5.41, 5.74) is 1.12. The Morgan fingerprint density at radius 3 is 2.88 bits per heavy atom. The summed E-state index contributed by atoms with van der Waals surface area (Å²) in [6.45, 7) is 1.20. The summed E-state index contributed by atoms with van der Waals surface area (Å²) in [7, 11) is 1.67. The number of aromatic nitrogens is 3. The molecule has 2 heterocycles. The van der Waals surface area contributed by atoms with Gasteiger partial charge in [-0.3, -0.25) is 4.57 Å². The van der Waals surface area contributed by atoms with Gasteiger partial charge in [-0.25, -0.2) is 14.3 Å². The maximum Gasteiger partial charge on any atom is 0.345 e. The van der Waals surface area contributed by atoms with Gasteiger partial charge < -0.3 is 10.6 Å². The van der Waals surface area contributed by atoms with Gasteiger partial charge in [-0.05, 0) is 24.8 Å². The van der Waals surface area contributed by atoms with Crippen LogP contribution in [-0.2, 0) is 26.4 Å². The third-order valence-electron chi connectivity index (χ3n) is 4.38. The minimum Gasteiger partial charge on any atom is -0.338 e. The number of aryl methyl sites for hydroxylation is 2. The maximum absolute atomic E-state index is 12.0. The topological polar surface area (TPSA) is 81.0 Å². The number of hydrogen-bond donors (Lipinski definition) is 2. The van der Waals surface area contributed by atoms with Crippen LogP contribution in [0.25, 0.3) is 0 Å². The highest BCUT2D eigenvalue weighted by Gasteiger charge is 2.21. The van der Waals surface area contributed by atoms with E-state index in [1.807, 2.05) is 30.3 Å². The molecule has 1 aliphatic rings. The number of benzene rings is 1. The summed E-state index contributed by atoms with van der Waals surface area (Å²) in [5, 5.41) is 10.1. The first-order valence-electron chi connectivity index (χ1n) is 8.34. The lowest BCUT2D eigenvalue weighted by Crippen LogP contribution is -2.43. The molecule has 7 heteroatoms. The molecule has 2 N–H and O–H groups in total. The molecule has 0 spiro atoms. The lowest BCUT2D eigenvalue weighted by Gasteiger charge is -2.16. The molecule has 24 heavy (non-hydrogen) atoms. The van der Waals surface area contributed by atoms with Crippen molar-refractivity contribution >= 4 is 6.03 Å². The highest BCUT2D eigenvalue weighted by molar-refractivity contribution is 5.74. The smallest absolute Gasteiger partial charge is 0.338 e. The molecule has 1 aromatic carbocycles. The fourth-order valence-electron chi connectivity index (χ4n) is 3.04. The summed E-state index contributed by atoms with van der Waals surface area (Å²) >= 11 is 0. The summed E-state index contributed by atoms with van der Waals surface area (Å²) in [5.74, 6) is 0.802. The van der Waals surface area contributed by atoms with Crippen molar-refractivity contribution in [2.75, 3.05) is 6.54 Å². The Kier molecular flexibility index (Phi) is 4.98. The molecule has 0 saturated heterocycles. The molecule has 0 saturated carbocycles. The summed E-state index contributed by atoms with van der Waals surface area (Å²) in [6, 6.07) is 9.98. The third kappa shape index (κ3) is 3.84. The van der Waals surface area contributed by atoms with E-state index in [0.29, 0.717) is 19.5 Å². The van der Waals surface area contributed by atoms with Gasteiger partial charge >= 0.3 is 11.7 Å². The Hall–Kier alpha value is -2.57. The van der Waals surface area contributed by atoms with E-state index in [2.05, 4.69) is 15.7 Å². The first kappa shape index (κ1) is 16.3. The van der Waals surface area contributed by atoms with Crippen molar-refractivity contribution in [1.29, 1.82) is 0 Å². The van der Waals surface area contributed by atoms with Crippen molar-refractivity contribution in [2.24, 2.45) is 7.05 Å². The van der Waals surface area contributed by atoms with Crippen LogP contribution in [-0.4, -0.2) is 33.0 Å².